The minimum absolute atomic E-state index is 0.0418. The molecule has 0 saturated carbocycles. The van der Waals surface area contributed by atoms with Crippen molar-refractivity contribution in [3.63, 3.8) is 0 Å². The Morgan fingerprint density at radius 2 is 1.83 bits per heavy atom. The molecule has 0 aliphatic heterocycles. The molecule has 7 heteroatoms. The molecular formula is C22H20BrF2NO3. The van der Waals surface area contributed by atoms with Gasteiger partial charge in [-0.05, 0) is 53.0 Å². The number of hydrogen-bond donors (Lipinski definition) is 1. The number of aliphatic hydroxyl groups excluding tert-OH is 1. The molecule has 0 bridgehead atoms. The van der Waals surface area contributed by atoms with Crippen molar-refractivity contribution < 1.29 is 18.6 Å². The van der Waals surface area contributed by atoms with Gasteiger partial charge in [-0.1, -0.05) is 24.3 Å². The van der Waals surface area contributed by atoms with Crippen molar-refractivity contribution in [1.82, 2.24) is 4.57 Å². The SMILES string of the molecule is Cc1cc(OCc2ccc(F)cc2F)c(Br)c(=O)n1C(C)c1ccc(CO)cc1. The van der Waals surface area contributed by atoms with E-state index in [0.717, 1.165) is 23.3 Å². The van der Waals surface area contributed by atoms with Crippen molar-refractivity contribution in [2.45, 2.75) is 33.1 Å². The quantitative estimate of drug-likeness (QED) is 0.566. The van der Waals surface area contributed by atoms with Gasteiger partial charge in [0.1, 0.15) is 28.5 Å². The van der Waals surface area contributed by atoms with Crippen molar-refractivity contribution >= 4 is 15.9 Å². The second-order valence-corrected chi connectivity index (χ2v) is 7.53. The van der Waals surface area contributed by atoms with Crippen LogP contribution in [0.3, 0.4) is 0 Å². The van der Waals surface area contributed by atoms with Crippen molar-refractivity contribution in [2.24, 2.45) is 0 Å². The fraction of sp³-hybridized carbons (Fsp3) is 0.227. The molecule has 1 aromatic heterocycles. The summed E-state index contributed by atoms with van der Waals surface area (Å²) in [4.78, 5) is 12.9. The molecule has 152 valence electrons. The van der Waals surface area contributed by atoms with Gasteiger partial charge in [-0.15, -0.1) is 0 Å². The lowest BCUT2D eigenvalue weighted by atomic mass is 10.1. The summed E-state index contributed by atoms with van der Waals surface area (Å²) >= 11 is 3.29. The molecule has 0 radical (unpaired) electrons. The maximum Gasteiger partial charge on any atom is 0.269 e. The smallest absolute Gasteiger partial charge is 0.269 e. The molecule has 1 unspecified atom stereocenters. The van der Waals surface area contributed by atoms with Crippen LogP contribution < -0.4 is 10.3 Å². The number of ether oxygens (including phenoxy) is 1. The summed E-state index contributed by atoms with van der Waals surface area (Å²) < 4.78 is 34.3. The van der Waals surface area contributed by atoms with Crippen LogP contribution in [0.5, 0.6) is 5.75 Å². The monoisotopic (exact) mass is 463 g/mol. The molecule has 1 atom stereocenters. The minimum Gasteiger partial charge on any atom is -0.487 e. The van der Waals surface area contributed by atoms with Crippen LogP contribution in [0.4, 0.5) is 8.78 Å². The summed E-state index contributed by atoms with van der Waals surface area (Å²) in [6, 6.07) is 12.1. The van der Waals surface area contributed by atoms with E-state index in [1.165, 1.54) is 6.07 Å². The highest BCUT2D eigenvalue weighted by Gasteiger charge is 2.18. The van der Waals surface area contributed by atoms with E-state index in [0.29, 0.717) is 5.69 Å². The average Bonchev–Trinajstić information content (AvgIpc) is 2.70. The van der Waals surface area contributed by atoms with Gasteiger partial charge in [0.05, 0.1) is 12.6 Å². The van der Waals surface area contributed by atoms with Crippen molar-refractivity contribution in [3.8, 4) is 5.75 Å². The van der Waals surface area contributed by atoms with E-state index in [4.69, 9.17) is 4.74 Å². The Kier molecular flexibility index (Phi) is 6.49. The zero-order valence-corrected chi connectivity index (χ0v) is 17.5. The van der Waals surface area contributed by atoms with E-state index in [9.17, 15) is 18.7 Å². The van der Waals surface area contributed by atoms with Gasteiger partial charge in [-0.3, -0.25) is 4.79 Å². The molecule has 3 aromatic rings. The van der Waals surface area contributed by atoms with Gasteiger partial charge < -0.3 is 14.4 Å². The molecule has 2 aromatic carbocycles. The highest BCUT2D eigenvalue weighted by Crippen LogP contribution is 2.27. The third-order valence-electron chi connectivity index (χ3n) is 4.77. The normalized spacial score (nSPS) is 12.1. The Hall–Kier alpha value is -2.51. The molecule has 0 amide bonds. The third kappa shape index (κ3) is 4.57. The summed E-state index contributed by atoms with van der Waals surface area (Å²) in [7, 11) is 0. The average molecular weight is 464 g/mol. The van der Waals surface area contributed by atoms with Crippen LogP contribution in [-0.4, -0.2) is 9.67 Å². The van der Waals surface area contributed by atoms with Crippen LogP contribution in [0, 0.1) is 18.6 Å². The van der Waals surface area contributed by atoms with Gasteiger partial charge in [0.2, 0.25) is 0 Å². The Labute approximate surface area is 175 Å². The molecule has 3 rings (SSSR count). The number of aryl methyl sites for hydroxylation is 1. The van der Waals surface area contributed by atoms with Crippen molar-refractivity contribution in [1.29, 1.82) is 0 Å². The van der Waals surface area contributed by atoms with Crippen molar-refractivity contribution in [3.05, 3.63) is 97.4 Å². The summed E-state index contributed by atoms with van der Waals surface area (Å²) in [5.74, 6) is -1.08. The molecule has 0 saturated heterocycles. The largest absolute Gasteiger partial charge is 0.487 e. The van der Waals surface area contributed by atoms with Gasteiger partial charge in [0, 0.05) is 23.4 Å². The number of pyridine rings is 1. The summed E-state index contributed by atoms with van der Waals surface area (Å²) in [5, 5.41) is 9.19. The number of nitrogens with zero attached hydrogens (tertiary/aromatic N) is 1. The van der Waals surface area contributed by atoms with E-state index in [2.05, 4.69) is 15.9 Å². The Morgan fingerprint density at radius 1 is 1.14 bits per heavy atom. The number of rotatable bonds is 6. The number of hydrogen-bond acceptors (Lipinski definition) is 3. The molecule has 1 heterocycles. The number of halogens is 3. The van der Waals surface area contributed by atoms with Crippen LogP contribution in [0.2, 0.25) is 0 Å². The first kappa shape index (κ1) is 21.2. The van der Waals surface area contributed by atoms with E-state index < -0.39 is 11.6 Å². The van der Waals surface area contributed by atoms with E-state index in [1.54, 1.807) is 17.6 Å². The topological polar surface area (TPSA) is 51.5 Å². The van der Waals surface area contributed by atoms with Gasteiger partial charge in [0.15, 0.2) is 0 Å². The fourth-order valence-corrected chi connectivity index (χ4v) is 3.55. The van der Waals surface area contributed by atoms with Crippen LogP contribution in [0.25, 0.3) is 0 Å². The van der Waals surface area contributed by atoms with E-state index in [1.807, 2.05) is 31.2 Å². The molecular weight excluding hydrogens is 444 g/mol. The van der Waals surface area contributed by atoms with Crippen LogP contribution >= 0.6 is 15.9 Å². The predicted molar refractivity (Wildman–Crippen MR) is 110 cm³/mol. The van der Waals surface area contributed by atoms with E-state index in [-0.39, 0.29) is 40.6 Å². The molecule has 0 aliphatic rings. The first-order chi connectivity index (χ1) is 13.8. The molecule has 0 spiro atoms. The third-order valence-corrected chi connectivity index (χ3v) is 5.50. The highest BCUT2D eigenvalue weighted by atomic mass is 79.9. The maximum absolute atomic E-state index is 13.8. The summed E-state index contributed by atoms with van der Waals surface area (Å²) in [6.07, 6.45) is 0. The second-order valence-electron chi connectivity index (χ2n) is 6.74. The van der Waals surface area contributed by atoms with Crippen molar-refractivity contribution in [2.75, 3.05) is 0 Å². The second kappa shape index (κ2) is 8.88. The van der Waals surface area contributed by atoms with Crippen LogP contribution in [0.1, 0.15) is 35.3 Å². The predicted octanol–water partition coefficient (Wildman–Crippen LogP) is 4.88. The first-order valence-corrected chi connectivity index (χ1v) is 9.79. The summed E-state index contributed by atoms with van der Waals surface area (Å²) in [5.41, 5.74) is 2.30. The van der Waals surface area contributed by atoms with Gasteiger partial charge >= 0.3 is 0 Å². The first-order valence-electron chi connectivity index (χ1n) is 9.00. The number of aromatic nitrogens is 1. The lowest BCUT2D eigenvalue weighted by molar-refractivity contribution is 0.282. The molecule has 0 fully saturated rings. The Balaban J connectivity index is 1.88. The minimum atomic E-state index is -0.703. The molecule has 29 heavy (non-hydrogen) atoms. The summed E-state index contributed by atoms with van der Waals surface area (Å²) in [6.45, 7) is 3.52. The lowest BCUT2D eigenvalue weighted by Crippen LogP contribution is -2.27. The van der Waals surface area contributed by atoms with Crippen LogP contribution in [-0.2, 0) is 13.2 Å². The zero-order valence-electron chi connectivity index (χ0n) is 16.0. The zero-order chi connectivity index (χ0) is 21.1. The number of aliphatic hydroxyl groups is 1. The van der Waals surface area contributed by atoms with E-state index >= 15 is 0 Å². The molecule has 1 N–H and O–H groups in total. The lowest BCUT2D eigenvalue weighted by Gasteiger charge is -2.21. The van der Waals surface area contributed by atoms with Gasteiger partial charge in [0.25, 0.3) is 5.56 Å². The fourth-order valence-electron chi connectivity index (χ4n) is 3.13. The molecule has 0 aliphatic carbocycles. The van der Waals surface area contributed by atoms with Crippen LogP contribution in [0.15, 0.2) is 57.8 Å². The standard InChI is InChI=1S/C22H20BrF2NO3/c1-13-9-20(29-12-17-7-8-18(24)10-19(17)25)21(23)22(28)26(13)14(2)16-5-3-15(11-27)4-6-16/h3-10,14,27H,11-12H2,1-2H3. The molecule has 4 nitrogen and oxygen atoms in total. The van der Waals surface area contributed by atoms with Gasteiger partial charge in [-0.2, -0.15) is 0 Å². The Morgan fingerprint density at radius 3 is 2.45 bits per heavy atom. The van der Waals surface area contributed by atoms with Gasteiger partial charge in [-0.25, -0.2) is 8.78 Å². The number of benzene rings is 2. The maximum atomic E-state index is 13.8. The highest BCUT2D eigenvalue weighted by molar-refractivity contribution is 9.10. The Bertz CT molecular complexity index is 1080.